The molecule has 0 bridgehead atoms. The minimum absolute atomic E-state index is 0. The molecule has 0 aromatic carbocycles. The topological polar surface area (TPSA) is 27.6 Å². The maximum absolute atomic E-state index is 12.2. The van der Waals surface area contributed by atoms with E-state index in [9.17, 15) is 13.2 Å². The second-order valence-electron chi connectivity index (χ2n) is 6.11. The fourth-order valence-corrected chi connectivity index (χ4v) is 2.74. The summed E-state index contributed by atoms with van der Waals surface area (Å²) in [4.78, 5) is 6.06. The van der Waals surface area contributed by atoms with E-state index >= 15 is 0 Å². The minimum Gasteiger partial charge on any atom is -0.357 e. The van der Waals surface area contributed by atoms with E-state index < -0.39 is 12.6 Å². The summed E-state index contributed by atoms with van der Waals surface area (Å²) >= 11 is 0. The van der Waals surface area contributed by atoms with Crippen molar-refractivity contribution in [2.24, 2.45) is 16.8 Å². The molecule has 1 saturated carbocycles. The van der Waals surface area contributed by atoms with Crippen LogP contribution in [0.3, 0.4) is 0 Å². The van der Waals surface area contributed by atoms with Gasteiger partial charge in [-0.25, -0.2) is 0 Å². The van der Waals surface area contributed by atoms with Gasteiger partial charge < -0.3 is 10.2 Å². The fourth-order valence-electron chi connectivity index (χ4n) is 2.74. The van der Waals surface area contributed by atoms with E-state index in [0.29, 0.717) is 18.4 Å². The average molecular weight is 435 g/mol. The smallest absolute Gasteiger partial charge is 0.357 e. The summed E-state index contributed by atoms with van der Waals surface area (Å²) in [5.41, 5.74) is 0. The number of hydrogen-bond acceptors (Lipinski definition) is 1. The molecule has 0 spiro atoms. The maximum atomic E-state index is 12.2. The summed E-state index contributed by atoms with van der Waals surface area (Å²) < 4.78 is 36.6. The van der Waals surface area contributed by atoms with Crippen LogP contribution < -0.4 is 5.32 Å². The molecular weight excluding hydrogens is 406 g/mol. The van der Waals surface area contributed by atoms with E-state index in [2.05, 4.69) is 17.2 Å². The van der Waals surface area contributed by atoms with Crippen molar-refractivity contribution in [3.05, 3.63) is 0 Å². The van der Waals surface area contributed by atoms with Crippen molar-refractivity contribution in [2.45, 2.75) is 52.1 Å². The van der Waals surface area contributed by atoms with Gasteiger partial charge in [-0.05, 0) is 31.6 Å². The number of alkyl halides is 3. The molecule has 0 aromatic rings. The lowest BCUT2D eigenvalue weighted by molar-refractivity contribution is -0.132. The molecule has 0 aliphatic heterocycles. The van der Waals surface area contributed by atoms with E-state index in [1.165, 1.54) is 25.7 Å². The van der Waals surface area contributed by atoms with Crippen LogP contribution in [0, 0.1) is 11.8 Å². The summed E-state index contributed by atoms with van der Waals surface area (Å²) in [6, 6.07) is 0. The van der Waals surface area contributed by atoms with Crippen molar-refractivity contribution in [3.8, 4) is 0 Å². The van der Waals surface area contributed by atoms with Crippen LogP contribution in [0.5, 0.6) is 0 Å². The Kier molecular flexibility index (Phi) is 10.4. The predicted molar refractivity (Wildman–Crippen MR) is 95.8 cm³/mol. The molecule has 1 aliphatic carbocycles. The number of hydrogen-bond donors (Lipinski definition) is 1. The number of halogens is 4. The fraction of sp³-hybridized carbons (Fsp3) is 0.933. The molecule has 1 aliphatic rings. The Labute approximate surface area is 149 Å². The molecule has 0 atom stereocenters. The van der Waals surface area contributed by atoms with Gasteiger partial charge in [0.15, 0.2) is 5.96 Å². The van der Waals surface area contributed by atoms with Gasteiger partial charge in [-0.15, -0.1) is 24.0 Å². The van der Waals surface area contributed by atoms with Crippen LogP contribution in [-0.4, -0.2) is 43.7 Å². The van der Waals surface area contributed by atoms with Crippen molar-refractivity contribution in [1.82, 2.24) is 10.2 Å². The monoisotopic (exact) mass is 435 g/mol. The normalized spacial score (nSPS) is 22.9. The lowest BCUT2D eigenvalue weighted by Gasteiger charge is -2.31. The molecule has 1 N–H and O–H groups in total. The highest BCUT2D eigenvalue weighted by Gasteiger charge is 2.26. The van der Waals surface area contributed by atoms with Crippen molar-refractivity contribution in [3.63, 3.8) is 0 Å². The molecule has 0 amide bonds. The largest absolute Gasteiger partial charge is 0.390 e. The average Bonchev–Trinajstić information content (AvgIpc) is 2.39. The molecule has 22 heavy (non-hydrogen) atoms. The highest BCUT2D eigenvalue weighted by Crippen LogP contribution is 2.28. The van der Waals surface area contributed by atoms with Gasteiger partial charge in [0.05, 0.1) is 13.0 Å². The van der Waals surface area contributed by atoms with Crippen molar-refractivity contribution < 1.29 is 13.2 Å². The van der Waals surface area contributed by atoms with E-state index in [1.807, 2.05) is 18.9 Å². The standard InChI is InChI=1S/C15H28F3N3.HI/c1-4-19-14(20-10-9-15(16,17)18)21(3)11-13-7-5-12(2)6-8-13;/h12-13H,4-11H2,1-3H3,(H,19,20);1H. The van der Waals surface area contributed by atoms with Crippen LogP contribution >= 0.6 is 24.0 Å². The first-order valence-corrected chi connectivity index (χ1v) is 7.88. The first-order chi connectivity index (χ1) is 9.81. The molecule has 132 valence electrons. The number of aliphatic imine (C=N–C) groups is 1. The van der Waals surface area contributed by atoms with Crippen LogP contribution in [0.15, 0.2) is 4.99 Å². The molecule has 0 saturated heterocycles. The summed E-state index contributed by atoms with van der Waals surface area (Å²) in [6.45, 7) is 5.53. The zero-order chi connectivity index (χ0) is 15.9. The van der Waals surface area contributed by atoms with Crippen LogP contribution in [-0.2, 0) is 0 Å². The zero-order valence-electron chi connectivity index (χ0n) is 13.7. The van der Waals surface area contributed by atoms with Crippen molar-refractivity contribution >= 4 is 29.9 Å². The van der Waals surface area contributed by atoms with Gasteiger partial charge in [-0.2, -0.15) is 13.2 Å². The van der Waals surface area contributed by atoms with E-state index in [4.69, 9.17) is 0 Å². The van der Waals surface area contributed by atoms with Gasteiger partial charge in [0, 0.05) is 20.1 Å². The molecule has 0 heterocycles. The van der Waals surface area contributed by atoms with Crippen LogP contribution in [0.4, 0.5) is 13.2 Å². The van der Waals surface area contributed by atoms with Gasteiger partial charge in [0.2, 0.25) is 0 Å². The summed E-state index contributed by atoms with van der Waals surface area (Å²) in [5, 5.41) is 3.08. The molecule has 3 nitrogen and oxygen atoms in total. The van der Waals surface area contributed by atoms with Gasteiger partial charge in [-0.3, -0.25) is 4.99 Å². The summed E-state index contributed by atoms with van der Waals surface area (Å²) in [7, 11) is 1.91. The van der Waals surface area contributed by atoms with E-state index in [-0.39, 0.29) is 30.5 Å². The van der Waals surface area contributed by atoms with Gasteiger partial charge in [0.1, 0.15) is 0 Å². The lowest BCUT2D eigenvalue weighted by Crippen LogP contribution is -2.42. The zero-order valence-corrected chi connectivity index (χ0v) is 16.1. The predicted octanol–water partition coefficient (Wildman–Crippen LogP) is 4.28. The second-order valence-corrected chi connectivity index (χ2v) is 6.11. The number of nitrogens with zero attached hydrogens (tertiary/aromatic N) is 2. The number of nitrogens with one attached hydrogen (secondary N) is 1. The number of rotatable bonds is 5. The molecule has 0 unspecified atom stereocenters. The molecule has 1 rings (SSSR count). The third-order valence-corrected chi connectivity index (χ3v) is 4.02. The Bertz CT molecular complexity index is 326. The van der Waals surface area contributed by atoms with Crippen molar-refractivity contribution in [1.29, 1.82) is 0 Å². The molecule has 1 fully saturated rings. The van der Waals surface area contributed by atoms with Gasteiger partial charge in [-0.1, -0.05) is 19.8 Å². The van der Waals surface area contributed by atoms with Crippen LogP contribution in [0.25, 0.3) is 0 Å². The Hall–Kier alpha value is -0.210. The highest BCUT2D eigenvalue weighted by molar-refractivity contribution is 14.0. The lowest BCUT2D eigenvalue weighted by atomic mass is 9.83. The van der Waals surface area contributed by atoms with E-state index in [0.717, 1.165) is 12.5 Å². The summed E-state index contributed by atoms with van der Waals surface area (Å²) in [6.07, 6.45) is -0.100. The van der Waals surface area contributed by atoms with Gasteiger partial charge >= 0.3 is 6.18 Å². The van der Waals surface area contributed by atoms with Gasteiger partial charge in [0.25, 0.3) is 0 Å². The van der Waals surface area contributed by atoms with Crippen molar-refractivity contribution in [2.75, 3.05) is 26.7 Å². The summed E-state index contributed by atoms with van der Waals surface area (Å²) in [5.74, 6) is 2.01. The van der Waals surface area contributed by atoms with E-state index in [1.54, 1.807) is 0 Å². The highest BCUT2D eigenvalue weighted by atomic mass is 127. The van der Waals surface area contributed by atoms with Crippen LogP contribution in [0.1, 0.15) is 46.0 Å². The molecule has 7 heteroatoms. The molecular formula is C15H29F3IN3. The first-order valence-electron chi connectivity index (χ1n) is 7.88. The molecule has 0 aromatic heterocycles. The minimum atomic E-state index is -4.14. The second kappa shape index (κ2) is 10.5. The first kappa shape index (κ1) is 21.8. The Morgan fingerprint density at radius 2 is 1.82 bits per heavy atom. The Balaban J connectivity index is 0.00000441. The third-order valence-electron chi connectivity index (χ3n) is 4.02. The Morgan fingerprint density at radius 1 is 1.23 bits per heavy atom. The Morgan fingerprint density at radius 3 is 2.32 bits per heavy atom. The maximum Gasteiger partial charge on any atom is 0.390 e. The number of guanidine groups is 1. The molecule has 0 radical (unpaired) electrons. The third kappa shape index (κ3) is 9.05. The SMILES string of the molecule is CCNC(=NCCC(F)(F)F)N(C)CC1CCC(C)CC1.I. The van der Waals surface area contributed by atoms with Crippen LogP contribution in [0.2, 0.25) is 0 Å². The quantitative estimate of drug-likeness (QED) is 0.397.